The number of aromatic nitrogens is 2. The van der Waals surface area contributed by atoms with Crippen LogP contribution in [-0.2, 0) is 0 Å². The average Bonchev–Trinajstić information content (AvgIpc) is 3.40. The van der Waals surface area contributed by atoms with Crippen LogP contribution in [0.25, 0.3) is 5.69 Å². The van der Waals surface area contributed by atoms with Gasteiger partial charge in [0.2, 0.25) is 0 Å². The maximum absolute atomic E-state index is 13.0. The number of carbonyl (C=O) groups excluding carboxylic acids is 1. The van der Waals surface area contributed by atoms with E-state index in [-0.39, 0.29) is 11.9 Å². The Morgan fingerprint density at radius 3 is 2.54 bits per heavy atom. The van der Waals surface area contributed by atoms with Crippen molar-refractivity contribution < 1.29 is 9.53 Å². The number of amides is 1. The third-order valence-corrected chi connectivity index (χ3v) is 4.93. The Morgan fingerprint density at radius 2 is 1.88 bits per heavy atom. The van der Waals surface area contributed by atoms with E-state index in [1.54, 1.807) is 19.6 Å². The van der Waals surface area contributed by atoms with Crippen molar-refractivity contribution >= 4 is 5.91 Å². The van der Waals surface area contributed by atoms with Gasteiger partial charge >= 0.3 is 0 Å². The van der Waals surface area contributed by atoms with E-state index in [9.17, 15) is 4.79 Å². The first-order valence-corrected chi connectivity index (χ1v) is 8.79. The number of ether oxygens (including phenoxy) is 1. The first-order chi connectivity index (χ1) is 12.8. The lowest BCUT2D eigenvalue weighted by Crippen LogP contribution is -2.30. The first-order valence-electron chi connectivity index (χ1n) is 8.79. The van der Waals surface area contributed by atoms with Crippen LogP contribution in [0.1, 0.15) is 34.8 Å². The molecular weight excluding hydrogens is 326 g/mol. The second-order valence-electron chi connectivity index (χ2n) is 6.45. The number of carbonyl (C=O) groups is 1. The van der Waals surface area contributed by atoms with Gasteiger partial charge in [-0.15, -0.1) is 0 Å². The van der Waals surface area contributed by atoms with Crippen LogP contribution in [0.2, 0.25) is 0 Å². The average molecular weight is 347 g/mol. The fourth-order valence-electron chi connectivity index (χ4n) is 3.54. The maximum Gasteiger partial charge on any atom is 0.254 e. The Kier molecular flexibility index (Phi) is 4.44. The summed E-state index contributed by atoms with van der Waals surface area (Å²) in [6, 6.07) is 15.8. The molecule has 2 aromatic carbocycles. The molecule has 1 unspecified atom stereocenters. The van der Waals surface area contributed by atoms with Crippen molar-refractivity contribution in [2.45, 2.75) is 18.9 Å². The minimum Gasteiger partial charge on any atom is -0.497 e. The van der Waals surface area contributed by atoms with Gasteiger partial charge < -0.3 is 14.2 Å². The summed E-state index contributed by atoms with van der Waals surface area (Å²) in [6.07, 6.45) is 7.39. The predicted molar refractivity (Wildman–Crippen MR) is 99.6 cm³/mol. The van der Waals surface area contributed by atoms with Crippen LogP contribution >= 0.6 is 0 Å². The second kappa shape index (κ2) is 7.04. The summed E-state index contributed by atoms with van der Waals surface area (Å²) in [5, 5.41) is 0. The zero-order valence-corrected chi connectivity index (χ0v) is 14.7. The third kappa shape index (κ3) is 3.08. The molecular formula is C21H21N3O2. The zero-order valence-electron chi connectivity index (χ0n) is 14.7. The van der Waals surface area contributed by atoms with E-state index < -0.39 is 0 Å². The lowest BCUT2D eigenvalue weighted by atomic mass is 10.0. The molecule has 1 aliphatic rings. The van der Waals surface area contributed by atoms with E-state index in [4.69, 9.17) is 4.74 Å². The molecule has 1 fully saturated rings. The van der Waals surface area contributed by atoms with Gasteiger partial charge in [-0.25, -0.2) is 4.98 Å². The minimum atomic E-state index is 0.0838. The van der Waals surface area contributed by atoms with Crippen LogP contribution in [0.5, 0.6) is 5.75 Å². The van der Waals surface area contributed by atoms with Crippen LogP contribution in [0.4, 0.5) is 0 Å². The zero-order chi connectivity index (χ0) is 17.9. The van der Waals surface area contributed by atoms with Crippen LogP contribution in [0.15, 0.2) is 67.3 Å². The fourth-order valence-corrected chi connectivity index (χ4v) is 3.54. The monoisotopic (exact) mass is 347 g/mol. The molecule has 0 aliphatic carbocycles. The molecule has 0 N–H and O–H groups in total. The minimum absolute atomic E-state index is 0.0838. The quantitative estimate of drug-likeness (QED) is 0.720. The number of benzene rings is 2. The highest BCUT2D eigenvalue weighted by Crippen LogP contribution is 2.34. The topological polar surface area (TPSA) is 47.4 Å². The molecule has 3 aromatic rings. The molecule has 5 nitrogen and oxygen atoms in total. The van der Waals surface area contributed by atoms with Crippen LogP contribution in [-0.4, -0.2) is 34.0 Å². The third-order valence-electron chi connectivity index (χ3n) is 4.93. The van der Waals surface area contributed by atoms with Crippen LogP contribution in [0.3, 0.4) is 0 Å². The van der Waals surface area contributed by atoms with Gasteiger partial charge in [-0.1, -0.05) is 12.1 Å². The van der Waals surface area contributed by atoms with Crippen molar-refractivity contribution in [3.63, 3.8) is 0 Å². The van der Waals surface area contributed by atoms with Gasteiger partial charge in [-0.3, -0.25) is 4.79 Å². The Bertz CT molecular complexity index is 871. The SMILES string of the molecule is COc1ccc(C2CCCN2C(=O)c2ccc(-n3ccnc3)cc2)cc1. The highest BCUT2D eigenvalue weighted by atomic mass is 16.5. The molecule has 0 bridgehead atoms. The lowest BCUT2D eigenvalue weighted by Gasteiger charge is -2.25. The van der Waals surface area contributed by atoms with Gasteiger partial charge in [0.15, 0.2) is 0 Å². The van der Waals surface area contributed by atoms with Crippen LogP contribution in [0, 0.1) is 0 Å². The van der Waals surface area contributed by atoms with Gasteiger partial charge in [0.25, 0.3) is 5.91 Å². The number of hydrogen-bond acceptors (Lipinski definition) is 3. The predicted octanol–water partition coefficient (Wildman–Crippen LogP) is 3.86. The van der Waals surface area contributed by atoms with E-state index in [1.807, 2.05) is 52.1 Å². The molecule has 132 valence electrons. The Labute approximate surface area is 152 Å². The Hall–Kier alpha value is -3.08. The molecule has 1 aromatic heterocycles. The molecule has 5 heteroatoms. The summed E-state index contributed by atoms with van der Waals surface area (Å²) in [5.74, 6) is 0.917. The van der Waals surface area contributed by atoms with Gasteiger partial charge in [0, 0.05) is 30.2 Å². The molecule has 1 aliphatic heterocycles. The molecule has 1 amide bonds. The van der Waals surface area contributed by atoms with E-state index >= 15 is 0 Å². The standard InChI is InChI=1S/C21H21N3O2/c1-26-19-10-6-16(7-11-19)20-3-2-13-24(20)21(25)17-4-8-18(9-5-17)23-14-12-22-15-23/h4-12,14-15,20H,2-3,13H2,1H3. The van der Waals surface area contributed by atoms with Crippen molar-refractivity contribution in [1.82, 2.24) is 14.5 Å². The van der Waals surface area contributed by atoms with Crippen molar-refractivity contribution in [3.05, 3.63) is 78.4 Å². The smallest absolute Gasteiger partial charge is 0.254 e. The number of rotatable bonds is 4. The Balaban J connectivity index is 1.54. The second-order valence-corrected chi connectivity index (χ2v) is 6.45. The number of nitrogens with zero attached hydrogens (tertiary/aromatic N) is 3. The molecule has 0 radical (unpaired) electrons. The van der Waals surface area contributed by atoms with Gasteiger partial charge in [0.1, 0.15) is 5.75 Å². The summed E-state index contributed by atoms with van der Waals surface area (Å²) in [4.78, 5) is 19.1. The number of methoxy groups -OCH3 is 1. The molecule has 4 rings (SSSR count). The van der Waals surface area contributed by atoms with Crippen molar-refractivity contribution in [2.24, 2.45) is 0 Å². The number of likely N-dealkylation sites (tertiary alicyclic amines) is 1. The van der Waals surface area contributed by atoms with Gasteiger partial charge in [0.05, 0.1) is 19.5 Å². The first kappa shape index (κ1) is 16.4. The molecule has 26 heavy (non-hydrogen) atoms. The summed E-state index contributed by atoms with van der Waals surface area (Å²) < 4.78 is 7.15. The largest absolute Gasteiger partial charge is 0.497 e. The van der Waals surface area contributed by atoms with E-state index in [0.29, 0.717) is 5.56 Å². The van der Waals surface area contributed by atoms with Gasteiger partial charge in [-0.2, -0.15) is 0 Å². The molecule has 2 heterocycles. The summed E-state index contributed by atoms with van der Waals surface area (Å²) in [7, 11) is 1.66. The molecule has 1 atom stereocenters. The summed E-state index contributed by atoms with van der Waals surface area (Å²) in [6.45, 7) is 0.790. The summed E-state index contributed by atoms with van der Waals surface area (Å²) in [5.41, 5.74) is 2.87. The molecule has 0 saturated carbocycles. The number of imidazole rings is 1. The lowest BCUT2D eigenvalue weighted by molar-refractivity contribution is 0.0735. The summed E-state index contributed by atoms with van der Waals surface area (Å²) >= 11 is 0. The van der Waals surface area contributed by atoms with Crippen molar-refractivity contribution in [1.29, 1.82) is 0 Å². The highest BCUT2D eigenvalue weighted by Gasteiger charge is 2.30. The van der Waals surface area contributed by atoms with Crippen molar-refractivity contribution in [3.8, 4) is 11.4 Å². The van der Waals surface area contributed by atoms with E-state index in [1.165, 1.54) is 0 Å². The normalized spacial score (nSPS) is 16.7. The highest BCUT2D eigenvalue weighted by molar-refractivity contribution is 5.94. The van der Waals surface area contributed by atoms with Crippen LogP contribution < -0.4 is 4.74 Å². The maximum atomic E-state index is 13.0. The number of hydrogen-bond donors (Lipinski definition) is 0. The molecule has 0 spiro atoms. The van der Waals surface area contributed by atoms with Gasteiger partial charge in [-0.05, 0) is 54.8 Å². The molecule has 1 saturated heterocycles. The van der Waals surface area contributed by atoms with Crippen molar-refractivity contribution in [2.75, 3.05) is 13.7 Å². The van der Waals surface area contributed by atoms with E-state index in [0.717, 1.165) is 36.4 Å². The van der Waals surface area contributed by atoms with E-state index in [2.05, 4.69) is 17.1 Å². The Morgan fingerprint density at radius 1 is 1.12 bits per heavy atom. The fraction of sp³-hybridized carbons (Fsp3) is 0.238.